The molecule has 4 rings (SSSR count). The third-order valence-corrected chi connectivity index (χ3v) is 6.72. The molecule has 184 valence electrons. The van der Waals surface area contributed by atoms with Crippen LogP contribution in [0, 0.1) is 18.3 Å². The van der Waals surface area contributed by atoms with Crippen molar-refractivity contribution in [2.75, 3.05) is 14.2 Å². The molecule has 6 nitrogen and oxygen atoms in total. The van der Waals surface area contributed by atoms with Gasteiger partial charge in [-0.15, -0.1) is 0 Å². The van der Waals surface area contributed by atoms with Crippen LogP contribution >= 0.6 is 0 Å². The zero-order chi connectivity index (χ0) is 25.3. The predicted octanol–water partition coefficient (Wildman–Crippen LogP) is 5.22. The highest BCUT2D eigenvalue weighted by atomic mass is 16.5. The number of ketones is 1. The van der Waals surface area contributed by atoms with Gasteiger partial charge in [-0.3, -0.25) is 4.79 Å². The van der Waals surface area contributed by atoms with Crippen molar-refractivity contribution in [3.63, 3.8) is 0 Å². The van der Waals surface area contributed by atoms with Crippen molar-refractivity contribution in [3.8, 4) is 11.5 Å². The van der Waals surface area contributed by atoms with Crippen LogP contribution in [0.5, 0.6) is 11.5 Å². The Morgan fingerprint density at radius 1 is 1.06 bits per heavy atom. The molecule has 0 saturated heterocycles. The summed E-state index contributed by atoms with van der Waals surface area (Å²) in [5.74, 6) is 0.146. The Labute approximate surface area is 207 Å². The minimum Gasteiger partial charge on any atom is -0.496 e. The van der Waals surface area contributed by atoms with Gasteiger partial charge in [0, 0.05) is 29.3 Å². The number of ether oxygens (including phenoxy) is 3. The molecule has 2 atom stereocenters. The largest absolute Gasteiger partial charge is 0.496 e. The molecule has 0 spiro atoms. The highest BCUT2D eigenvalue weighted by Gasteiger charge is 2.46. The molecule has 0 bridgehead atoms. The van der Waals surface area contributed by atoms with E-state index in [1.165, 1.54) is 7.11 Å². The second kappa shape index (κ2) is 9.61. The molecule has 6 heteroatoms. The number of hydrogen-bond donors (Lipinski definition) is 1. The van der Waals surface area contributed by atoms with E-state index in [1.54, 1.807) is 7.11 Å². The van der Waals surface area contributed by atoms with Crippen LogP contribution in [0.4, 0.5) is 0 Å². The third-order valence-electron chi connectivity index (χ3n) is 6.72. The molecule has 0 amide bonds. The van der Waals surface area contributed by atoms with Gasteiger partial charge in [0.25, 0.3) is 0 Å². The van der Waals surface area contributed by atoms with Gasteiger partial charge in [0.2, 0.25) is 0 Å². The number of allylic oxidation sites excluding steroid dienone is 3. The van der Waals surface area contributed by atoms with E-state index in [9.17, 15) is 9.59 Å². The Hall–Kier alpha value is -3.54. The Morgan fingerprint density at radius 3 is 2.43 bits per heavy atom. The maximum atomic E-state index is 13.4. The lowest BCUT2D eigenvalue weighted by Crippen LogP contribution is -2.43. The summed E-state index contributed by atoms with van der Waals surface area (Å²) in [6, 6.07) is 13.6. The van der Waals surface area contributed by atoms with E-state index in [4.69, 9.17) is 14.2 Å². The van der Waals surface area contributed by atoms with Crippen molar-refractivity contribution in [2.45, 2.75) is 46.6 Å². The first kappa shape index (κ1) is 24.6. The van der Waals surface area contributed by atoms with Gasteiger partial charge in [-0.25, -0.2) is 4.79 Å². The molecule has 2 aliphatic rings. The fourth-order valence-corrected chi connectivity index (χ4v) is 5.11. The van der Waals surface area contributed by atoms with Gasteiger partial charge in [0.05, 0.1) is 25.7 Å². The SMILES string of the molecule is COC(=O)C1=C(C)NC2=CC(C)(C)CC(=O)C2C1c1ccc(OC)c(COc2ccc(C)cc2)c1. The normalized spacial score (nSPS) is 21.0. The second-order valence-corrected chi connectivity index (χ2v) is 10.0. The summed E-state index contributed by atoms with van der Waals surface area (Å²) in [7, 11) is 2.98. The molecule has 2 unspecified atom stereocenters. The number of Topliss-reactive ketones (excluding diaryl/α,β-unsaturated/α-hetero) is 1. The molecule has 1 heterocycles. The number of rotatable bonds is 6. The Morgan fingerprint density at radius 2 is 1.77 bits per heavy atom. The van der Waals surface area contributed by atoms with Crippen LogP contribution in [0.2, 0.25) is 0 Å². The zero-order valence-corrected chi connectivity index (χ0v) is 21.2. The average Bonchev–Trinajstić information content (AvgIpc) is 2.81. The first-order valence-corrected chi connectivity index (χ1v) is 11.8. The second-order valence-electron chi connectivity index (χ2n) is 10.0. The summed E-state index contributed by atoms with van der Waals surface area (Å²) in [6.45, 7) is 8.27. The van der Waals surface area contributed by atoms with Crippen LogP contribution in [-0.2, 0) is 20.9 Å². The third kappa shape index (κ3) is 4.97. The van der Waals surface area contributed by atoms with Gasteiger partial charge in [0.1, 0.15) is 23.9 Å². The summed E-state index contributed by atoms with van der Waals surface area (Å²) in [5.41, 5.74) is 4.59. The molecule has 35 heavy (non-hydrogen) atoms. The Bertz CT molecular complexity index is 1210. The van der Waals surface area contributed by atoms with Crippen molar-refractivity contribution in [1.82, 2.24) is 5.32 Å². The zero-order valence-electron chi connectivity index (χ0n) is 21.2. The van der Waals surface area contributed by atoms with Crippen molar-refractivity contribution in [2.24, 2.45) is 11.3 Å². The maximum absolute atomic E-state index is 13.4. The average molecular weight is 476 g/mol. The van der Waals surface area contributed by atoms with Gasteiger partial charge in [0.15, 0.2) is 0 Å². The van der Waals surface area contributed by atoms with Crippen molar-refractivity contribution >= 4 is 11.8 Å². The van der Waals surface area contributed by atoms with Crippen LogP contribution < -0.4 is 14.8 Å². The number of aryl methyl sites for hydroxylation is 1. The molecule has 0 aromatic heterocycles. The van der Waals surface area contributed by atoms with E-state index in [-0.39, 0.29) is 17.8 Å². The first-order chi connectivity index (χ1) is 16.6. The predicted molar refractivity (Wildman–Crippen MR) is 134 cm³/mol. The molecule has 0 fully saturated rings. The monoisotopic (exact) mass is 475 g/mol. The summed E-state index contributed by atoms with van der Waals surface area (Å²) in [6.07, 6.45) is 2.53. The van der Waals surface area contributed by atoms with E-state index >= 15 is 0 Å². The Balaban J connectivity index is 1.78. The molecule has 2 aromatic rings. The molecule has 1 aliphatic heterocycles. The molecular formula is C29H33NO5. The van der Waals surface area contributed by atoms with E-state index < -0.39 is 17.8 Å². The van der Waals surface area contributed by atoms with Crippen LogP contribution in [0.25, 0.3) is 0 Å². The standard InChI is InChI=1S/C29H33NO5/c1-17-7-10-21(11-8-17)35-16-20-13-19(9-12-24(20)33-5)26-25(28(32)34-6)18(2)30-22-14-29(3,4)15-23(31)27(22)26/h7-14,26-27,30H,15-16H2,1-6H3. The lowest BCUT2D eigenvalue weighted by atomic mass is 9.66. The van der Waals surface area contributed by atoms with Crippen LogP contribution in [-0.4, -0.2) is 26.0 Å². The van der Waals surface area contributed by atoms with Gasteiger partial charge in [-0.2, -0.15) is 0 Å². The lowest BCUT2D eigenvalue weighted by Gasteiger charge is -2.41. The van der Waals surface area contributed by atoms with Crippen LogP contribution in [0.15, 0.2) is 65.5 Å². The van der Waals surface area contributed by atoms with E-state index in [0.717, 1.165) is 28.1 Å². The van der Waals surface area contributed by atoms with Gasteiger partial charge in [-0.05, 0) is 49.1 Å². The summed E-state index contributed by atoms with van der Waals surface area (Å²) >= 11 is 0. The molecular weight excluding hydrogens is 442 g/mol. The Kier molecular flexibility index (Phi) is 6.75. The fraction of sp³-hybridized carbons (Fsp3) is 0.379. The van der Waals surface area contributed by atoms with Gasteiger partial charge >= 0.3 is 5.97 Å². The van der Waals surface area contributed by atoms with E-state index in [0.29, 0.717) is 23.4 Å². The smallest absolute Gasteiger partial charge is 0.336 e. The maximum Gasteiger partial charge on any atom is 0.336 e. The summed E-state index contributed by atoms with van der Waals surface area (Å²) < 4.78 is 16.8. The minimum absolute atomic E-state index is 0.104. The number of hydrogen-bond acceptors (Lipinski definition) is 6. The summed E-state index contributed by atoms with van der Waals surface area (Å²) in [4.78, 5) is 26.3. The van der Waals surface area contributed by atoms with Gasteiger partial charge in [-0.1, -0.05) is 43.7 Å². The molecule has 0 saturated carbocycles. The van der Waals surface area contributed by atoms with Gasteiger partial charge < -0.3 is 19.5 Å². The highest BCUT2D eigenvalue weighted by molar-refractivity contribution is 5.96. The van der Waals surface area contributed by atoms with Crippen LogP contribution in [0.1, 0.15) is 49.8 Å². The minimum atomic E-state index is -0.486. The fourth-order valence-electron chi connectivity index (χ4n) is 5.11. The summed E-state index contributed by atoms with van der Waals surface area (Å²) in [5, 5.41) is 3.33. The number of methoxy groups -OCH3 is 2. The molecule has 2 aromatic carbocycles. The number of carbonyl (C=O) groups is 2. The quantitative estimate of drug-likeness (QED) is 0.578. The number of esters is 1. The lowest BCUT2D eigenvalue weighted by molar-refractivity contribution is -0.136. The number of fused-ring (bicyclic) bond motifs is 1. The first-order valence-electron chi connectivity index (χ1n) is 11.8. The van der Waals surface area contributed by atoms with E-state index in [2.05, 4.69) is 11.4 Å². The van der Waals surface area contributed by atoms with Crippen molar-refractivity contribution in [3.05, 3.63) is 82.2 Å². The van der Waals surface area contributed by atoms with Crippen LogP contribution in [0.3, 0.4) is 0 Å². The number of nitrogens with one attached hydrogen (secondary N) is 1. The number of benzene rings is 2. The number of carbonyl (C=O) groups excluding carboxylic acids is 2. The molecule has 1 N–H and O–H groups in total. The van der Waals surface area contributed by atoms with E-state index in [1.807, 2.05) is 70.2 Å². The van der Waals surface area contributed by atoms with Crippen molar-refractivity contribution < 1.29 is 23.8 Å². The topological polar surface area (TPSA) is 73.9 Å². The highest BCUT2D eigenvalue weighted by Crippen LogP contribution is 2.47. The van der Waals surface area contributed by atoms with Crippen molar-refractivity contribution in [1.29, 1.82) is 0 Å². The molecule has 0 radical (unpaired) electrons. The molecule has 1 aliphatic carbocycles.